The quantitative estimate of drug-likeness (QED) is 0.188. The minimum Gasteiger partial charge on any atom is -0.451 e. The number of hydrogen-bond acceptors (Lipinski definition) is 6. The number of nitrogens with zero attached hydrogens (tertiary/aromatic N) is 3. The Labute approximate surface area is 253 Å². The number of rotatable bonds is 12. The van der Waals surface area contributed by atoms with Gasteiger partial charge in [-0.2, -0.15) is 0 Å². The first-order chi connectivity index (χ1) is 21.0. The molecule has 0 bridgehead atoms. The lowest BCUT2D eigenvalue weighted by Crippen LogP contribution is -2.37. The molecule has 1 saturated heterocycles. The van der Waals surface area contributed by atoms with Crippen molar-refractivity contribution in [2.45, 2.75) is 52.0 Å². The number of carbonyl (C=O) groups is 1. The van der Waals surface area contributed by atoms with Gasteiger partial charge in [0, 0.05) is 31.9 Å². The highest BCUT2D eigenvalue weighted by atomic mass is 16.5. The number of aromatic nitrogens is 1. The van der Waals surface area contributed by atoms with E-state index in [1.54, 1.807) is 6.20 Å². The number of fused-ring (bicyclic) bond motifs is 3. The Morgan fingerprint density at radius 3 is 2.51 bits per heavy atom. The van der Waals surface area contributed by atoms with E-state index in [4.69, 9.17) is 4.74 Å². The summed E-state index contributed by atoms with van der Waals surface area (Å²) in [6, 6.07) is 16.6. The second kappa shape index (κ2) is 12.8. The number of amides is 1. The number of likely N-dealkylation sites (tertiary alicyclic amines) is 1. The van der Waals surface area contributed by atoms with Gasteiger partial charge in [-0.1, -0.05) is 38.1 Å². The molecule has 0 saturated carbocycles. The minimum atomic E-state index is -0.345. The van der Waals surface area contributed by atoms with Crippen LogP contribution in [0, 0.1) is 0 Å². The highest BCUT2D eigenvalue weighted by molar-refractivity contribution is 6.01. The molecular weight excluding hydrogens is 538 g/mol. The Hall–Kier alpha value is -3.88. The second-order valence-corrected chi connectivity index (χ2v) is 11.9. The van der Waals surface area contributed by atoms with Gasteiger partial charge < -0.3 is 29.7 Å². The van der Waals surface area contributed by atoms with Gasteiger partial charge in [0.2, 0.25) is 5.43 Å². The number of nitrogens with one attached hydrogen (secondary N) is 2. The van der Waals surface area contributed by atoms with Gasteiger partial charge in [0.1, 0.15) is 11.1 Å². The molecule has 3 aromatic carbocycles. The maximum absolute atomic E-state index is 13.8. The van der Waals surface area contributed by atoms with Crippen molar-refractivity contribution in [1.82, 2.24) is 19.7 Å². The maximum atomic E-state index is 13.8. The van der Waals surface area contributed by atoms with Gasteiger partial charge in [0.05, 0.1) is 16.8 Å². The first kappa shape index (κ1) is 29.2. The minimum absolute atomic E-state index is 0.141. The summed E-state index contributed by atoms with van der Waals surface area (Å²) in [6.45, 7) is 9.52. The summed E-state index contributed by atoms with van der Waals surface area (Å²) in [6.07, 6.45) is 7.34. The van der Waals surface area contributed by atoms with E-state index in [9.17, 15) is 9.59 Å². The highest BCUT2D eigenvalue weighted by Gasteiger charge is 2.27. The monoisotopic (exact) mass is 581 g/mol. The van der Waals surface area contributed by atoms with Crippen molar-refractivity contribution in [3.8, 4) is 17.2 Å². The third-order valence-electron chi connectivity index (χ3n) is 8.92. The van der Waals surface area contributed by atoms with Crippen LogP contribution in [0.5, 0.6) is 11.5 Å². The second-order valence-electron chi connectivity index (χ2n) is 11.9. The molecule has 1 atom stereocenters. The molecule has 0 radical (unpaired) electrons. The standard InChI is InChI=1S/C35H43N5O3/c1-4-17-39(18-5-2)20-16-37-35(42)28-23-40-30-21-24-9-6-7-10-25(24)22-31(30)43-34-29(13-12-27(32(34)40)33(28)41)36-15-14-26-11-8-19-38(26)3/h6-7,9-10,12-13,21-23,26,36H,4-5,8,11,14-20H2,1-3H3,(H,37,42). The molecule has 226 valence electrons. The van der Waals surface area contributed by atoms with Crippen LogP contribution in [0.4, 0.5) is 5.69 Å². The van der Waals surface area contributed by atoms with E-state index in [-0.39, 0.29) is 16.9 Å². The Kier molecular flexibility index (Phi) is 8.68. The molecule has 43 heavy (non-hydrogen) atoms. The number of carbonyl (C=O) groups excluding carboxylic acids is 1. The summed E-state index contributed by atoms with van der Waals surface area (Å²) in [4.78, 5) is 32.1. The van der Waals surface area contributed by atoms with Crippen LogP contribution in [0.25, 0.3) is 27.4 Å². The predicted octanol–water partition coefficient (Wildman–Crippen LogP) is 6.00. The average molecular weight is 582 g/mol. The summed E-state index contributed by atoms with van der Waals surface area (Å²) in [5, 5.41) is 9.22. The fourth-order valence-electron chi connectivity index (χ4n) is 6.68. The number of ether oxygens (including phenoxy) is 1. The molecule has 2 aliphatic rings. The van der Waals surface area contributed by atoms with Gasteiger partial charge in [-0.15, -0.1) is 0 Å². The molecule has 2 N–H and O–H groups in total. The fourth-order valence-corrected chi connectivity index (χ4v) is 6.68. The van der Waals surface area contributed by atoms with E-state index in [2.05, 4.69) is 59.5 Å². The Balaban J connectivity index is 1.37. The highest BCUT2D eigenvalue weighted by Crippen LogP contribution is 2.45. The van der Waals surface area contributed by atoms with Crippen molar-refractivity contribution in [3.63, 3.8) is 0 Å². The Morgan fingerprint density at radius 1 is 1.02 bits per heavy atom. The zero-order valence-electron chi connectivity index (χ0n) is 25.6. The van der Waals surface area contributed by atoms with Crippen molar-refractivity contribution in [3.05, 3.63) is 70.5 Å². The number of pyridine rings is 1. The first-order valence-electron chi connectivity index (χ1n) is 15.9. The number of hydrogen-bond donors (Lipinski definition) is 2. The van der Waals surface area contributed by atoms with E-state index < -0.39 is 0 Å². The van der Waals surface area contributed by atoms with Gasteiger partial charge in [0.15, 0.2) is 11.5 Å². The van der Waals surface area contributed by atoms with E-state index >= 15 is 0 Å². The van der Waals surface area contributed by atoms with Crippen molar-refractivity contribution in [2.24, 2.45) is 0 Å². The Bertz CT molecular complexity index is 1690. The van der Waals surface area contributed by atoms with Gasteiger partial charge >= 0.3 is 0 Å². The zero-order valence-corrected chi connectivity index (χ0v) is 25.6. The topological polar surface area (TPSA) is 78.8 Å². The predicted molar refractivity (Wildman–Crippen MR) is 175 cm³/mol. The molecular formula is C35H43N5O3. The molecule has 6 rings (SSSR count). The summed E-state index contributed by atoms with van der Waals surface area (Å²) < 4.78 is 8.56. The lowest BCUT2D eigenvalue weighted by molar-refractivity contribution is 0.0947. The van der Waals surface area contributed by atoms with Gasteiger partial charge in [0.25, 0.3) is 5.91 Å². The molecule has 4 aromatic rings. The van der Waals surface area contributed by atoms with Crippen molar-refractivity contribution >= 4 is 33.3 Å². The molecule has 8 heteroatoms. The fraction of sp³-hybridized carbons (Fsp3) is 0.429. The summed E-state index contributed by atoms with van der Waals surface area (Å²) in [5.41, 5.74) is 2.21. The molecule has 0 aliphatic carbocycles. The largest absolute Gasteiger partial charge is 0.451 e. The first-order valence-corrected chi connectivity index (χ1v) is 15.9. The number of anilines is 1. The van der Waals surface area contributed by atoms with E-state index in [0.717, 1.165) is 74.1 Å². The summed E-state index contributed by atoms with van der Waals surface area (Å²) >= 11 is 0. The summed E-state index contributed by atoms with van der Waals surface area (Å²) in [5.74, 6) is 0.975. The number of benzene rings is 3. The van der Waals surface area contributed by atoms with Gasteiger partial charge in [-0.25, -0.2) is 0 Å². The van der Waals surface area contributed by atoms with E-state index in [1.807, 2.05) is 34.9 Å². The normalized spacial score (nSPS) is 16.0. The smallest absolute Gasteiger partial charge is 0.256 e. The van der Waals surface area contributed by atoms with Crippen LogP contribution >= 0.6 is 0 Å². The van der Waals surface area contributed by atoms with Crippen LogP contribution in [0.2, 0.25) is 0 Å². The molecule has 3 heterocycles. The summed E-state index contributed by atoms with van der Waals surface area (Å²) in [7, 11) is 2.20. The van der Waals surface area contributed by atoms with Crippen LogP contribution in [0.15, 0.2) is 59.5 Å². The van der Waals surface area contributed by atoms with Crippen molar-refractivity contribution in [1.29, 1.82) is 0 Å². The van der Waals surface area contributed by atoms with Crippen LogP contribution < -0.4 is 20.8 Å². The molecule has 2 aliphatic heterocycles. The van der Waals surface area contributed by atoms with Crippen LogP contribution in [0.3, 0.4) is 0 Å². The molecule has 1 amide bonds. The van der Waals surface area contributed by atoms with Gasteiger partial charge in [-0.05, 0) is 93.8 Å². The van der Waals surface area contributed by atoms with E-state index in [1.165, 1.54) is 12.8 Å². The van der Waals surface area contributed by atoms with Gasteiger partial charge in [-0.3, -0.25) is 9.59 Å². The van der Waals surface area contributed by atoms with Crippen LogP contribution in [0.1, 0.15) is 56.3 Å². The molecule has 8 nitrogen and oxygen atoms in total. The molecule has 1 fully saturated rings. The maximum Gasteiger partial charge on any atom is 0.256 e. The molecule has 1 unspecified atom stereocenters. The molecule has 0 spiro atoms. The van der Waals surface area contributed by atoms with E-state index in [0.29, 0.717) is 35.0 Å². The Morgan fingerprint density at radius 2 is 1.79 bits per heavy atom. The lowest BCUT2D eigenvalue weighted by atomic mass is 10.0. The SMILES string of the molecule is CCCN(CCC)CCNC(=O)c1cn2c3c(c(NCCC4CCCN4C)ccc3c1=O)Oc1cc3ccccc3cc1-2. The van der Waals surface area contributed by atoms with Crippen molar-refractivity contribution in [2.75, 3.05) is 51.6 Å². The molecule has 1 aromatic heterocycles. The average Bonchev–Trinajstić information content (AvgIpc) is 3.42. The lowest BCUT2D eigenvalue weighted by Gasteiger charge is -2.27. The third-order valence-corrected chi connectivity index (χ3v) is 8.92. The zero-order chi connectivity index (χ0) is 29.9. The van der Waals surface area contributed by atoms with Crippen LogP contribution in [-0.4, -0.2) is 72.6 Å². The third kappa shape index (κ3) is 5.86. The van der Waals surface area contributed by atoms with Crippen LogP contribution in [-0.2, 0) is 0 Å². The van der Waals surface area contributed by atoms with Crippen molar-refractivity contribution < 1.29 is 9.53 Å².